The zero-order valence-corrected chi connectivity index (χ0v) is 18.4. The Kier molecular flexibility index (Phi) is 6.05. The van der Waals surface area contributed by atoms with E-state index in [4.69, 9.17) is 26.3 Å². The molecular weight excluding hydrogens is 431 g/mol. The Bertz CT molecular complexity index is 1090. The normalized spacial score (nSPS) is 17.0. The summed E-state index contributed by atoms with van der Waals surface area (Å²) in [6.07, 6.45) is 1.63. The predicted molar refractivity (Wildman–Crippen MR) is 124 cm³/mol. The van der Waals surface area contributed by atoms with Gasteiger partial charge in [0.1, 0.15) is 5.82 Å². The van der Waals surface area contributed by atoms with Crippen molar-refractivity contribution < 1.29 is 9.13 Å². The minimum absolute atomic E-state index is 0.291. The minimum atomic E-state index is -0.291. The fourth-order valence-corrected chi connectivity index (χ4v) is 4.23. The highest BCUT2D eigenvalue weighted by Gasteiger charge is 2.24. The van der Waals surface area contributed by atoms with Gasteiger partial charge in [-0.1, -0.05) is 23.7 Å². The first-order valence-electron chi connectivity index (χ1n) is 10.8. The van der Waals surface area contributed by atoms with Crippen LogP contribution in [-0.2, 0) is 4.74 Å². The lowest BCUT2D eigenvalue weighted by molar-refractivity contribution is 0.122. The van der Waals surface area contributed by atoms with Crippen molar-refractivity contribution in [2.45, 2.75) is 0 Å². The van der Waals surface area contributed by atoms with Crippen LogP contribution in [0.4, 0.5) is 22.0 Å². The van der Waals surface area contributed by atoms with Crippen molar-refractivity contribution in [3.8, 4) is 11.3 Å². The zero-order chi connectivity index (χ0) is 21.9. The van der Waals surface area contributed by atoms with Gasteiger partial charge in [-0.3, -0.25) is 0 Å². The zero-order valence-electron chi connectivity index (χ0n) is 17.6. The van der Waals surface area contributed by atoms with E-state index in [1.807, 2.05) is 35.2 Å². The van der Waals surface area contributed by atoms with E-state index in [0.717, 1.165) is 30.2 Å². The highest BCUT2D eigenvalue weighted by atomic mass is 35.5. The first-order valence-corrected chi connectivity index (χ1v) is 11.1. The van der Waals surface area contributed by atoms with Gasteiger partial charge in [-0.05, 0) is 24.3 Å². The molecule has 9 heteroatoms. The monoisotopic (exact) mass is 454 g/mol. The van der Waals surface area contributed by atoms with E-state index in [9.17, 15) is 4.39 Å². The molecule has 2 fully saturated rings. The van der Waals surface area contributed by atoms with Crippen molar-refractivity contribution in [2.24, 2.45) is 0 Å². The number of hydrogen-bond donors (Lipinski definition) is 0. The van der Waals surface area contributed by atoms with E-state index in [-0.39, 0.29) is 5.82 Å². The number of anilines is 3. The van der Waals surface area contributed by atoms with Crippen molar-refractivity contribution in [3.63, 3.8) is 0 Å². The summed E-state index contributed by atoms with van der Waals surface area (Å²) in [5.74, 6) is 1.67. The van der Waals surface area contributed by atoms with Gasteiger partial charge in [0, 0.05) is 62.1 Å². The number of ether oxygens (including phenoxy) is 1. The number of rotatable bonds is 4. The molecule has 0 spiro atoms. The quantitative estimate of drug-likeness (QED) is 0.598. The number of nitrogens with zero attached hydrogens (tertiary/aromatic N) is 6. The van der Waals surface area contributed by atoms with Gasteiger partial charge in [-0.15, -0.1) is 0 Å². The Morgan fingerprint density at radius 2 is 1.62 bits per heavy atom. The molecule has 1 aromatic carbocycles. The van der Waals surface area contributed by atoms with Crippen LogP contribution in [0.25, 0.3) is 11.3 Å². The Morgan fingerprint density at radius 3 is 2.38 bits per heavy atom. The van der Waals surface area contributed by atoms with Gasteiger partial charge in [0.25, 0.3) is 0 Å². The van der Waals surface area contributed by atoms with Gasteiger partial charge in [-0.2, -0.15) is 4.98 Å². The van der Waals surface area contributed by atoms with Gasteiger partial charge < -0.3 is 19.4 Å². The SMILES string of the molecule is Fc1cccnc1N1CCN(c2cc(-c3cccc(Cl)c3)nc(N3CCOCC3)n2)CC1. The molecule has 32 heavy (non-hydrogen) atoms. The Balaban J connectivity index is 1.42. The van der Waals surface area contributed by atoms with Crippen molar-refractivity contribution in [2.75, 3.05) is 67.2 Å². The fraction of sp³-hybridized carbons (Fsp3) is 0.348. The number of aromatic nitrogens is 3. The third-order valence-electron chi connectivity index (χ3n) is 5.76. The summed E-state index contributed by atoms with van der Waals surface area (Å²) in [6, 6.07) is 12.8. The highest BCUT2D eigenvalue weighted by Crippen LogP contribution is 2.28. The van der Waals surface area contributed by atoms with E-state index in [2.05, 4.69) is 14.8 Å². The van der Waals surface area contributed by atoms with E-state index in [1.54, 1.807) is 12.3 Å². The molecule has 0 bridgehead atoms. The summed E-state index contributed by atoms with van der Waals surface area (Å²) in [6.45, 7) is 5.59. The molecule has 0 atom stereocenters. The van der Waals surface area contributed by atoms with Gasteiger partial charge >= 0.3 is 0 Å². The topological polar surface area (TPSA) is 57.6 Å². The molecule has 0 N–H and O–H groups in total. The van der Waals surface area contributed by atoms with Crippen LogP contribution in [0, 0.1) is 5.82 Å². The average molecular weight is 455 g/mol. The van der Waals surface area contributed by atoms with E-state index in [1.165, 1.54) is 6.07 Å². The van der Waals surface area contributed by atoms with Crippen LogP contribution in [0.3, 0.4) is 0 Å². The minimum Gasteiger partial charge on any atom is -0.378 e. The van der Waals surface area contributed by atoms with Crippen LogP contribution in [0.15, 0.2) is 48.7 Å². The molecular formula is C23H24ClFN6O. The molecule has 2 aliphatic heterocycles. The first-order chi connectivity index (χ1) is 15.7. The van der Waals surface area contributed by atoms with Gasteiger partial charge in [0.2, 0.25) is 5.95 Å². The molecule has 0 radical (unpaired) electrons. The van der Waals surface area contributed by atoms with Gasteiger partial charge in [0.15, 0.2) is 11.6 Å². The second kappa shape index (κ2) is 9.26. The molecule has 166 valence electrons. The largest absolute Gasteiger partial charge is 0.378 e. The maximum atomic E-state index is 14.2. The summed E-state index contributed by atoms with van der Waals surface area (Å²) >= 11 is 6.24. The number of halogens is 2. The van der Waals surface area contributed by atoms with Crippen LogP contribution in [0.1, 0.15) is 0 Å². The van der Waals surface area contributed by atoms with Gasteiger partial charge in [-0.25, -0.2) is 14.4 Å². The molecule has 2 aliphatic rings. The highest BCUT2D eigenvalue weighted by molar-refractivity contribution is 6.30. The molecule has 0 unspecified atom stereocenters. The van der Waals surface area contributed by atoms with Crippen LogP contribution in [0.2, 0.25) is 5.02 Å². The van der Waals surface area contributed by atoms with Crippen LogP contribution < -0.4 is 14.7 Å². The average Bonchev–Trinajstić information content (AvgIpc) is 2.85. The predicted octanol–water partition coefficient (Wildman–Crippen LogP) is 3.49. The summed E-state index contributed by atoms with van der Waals surface area (Å²) in [5.41, 5.74) is 1.78. The lowest BCUT2D eigenvalue weighted by atomic mass is 10.1. The Labute approximate surface area is 191 Å². The Hall–Kier alpha value is -2.97. The van der Waals surface area contributed by atoms with Crippen molar-refractivity contribution in [3.05, 3.63) is 59.5 Å². The van der Waals surface area contributed by atoms with Crippen molar-refractivity contribution in [1.29, 1.82) is 0 Å². The van der Waals surface area contributed by atoms with Crippen LogP contribution in [-0.4, -0.2) is 67.4 Å². The van der Waals surface area contributed by atoms with E-state index >= 15 is 0 Å². The second-order valence-electron chi connectivity index (χ2n) is 7.80. The smallest absolute Gasteiger partial charge is 0.228 e. The van der Waals surface area contributed by atoms with Crippen molar-refractivity contribution in [1.82, 2.24) is 15.0 Å². The maximum Gasteiger partial charge on any atom is 0.228 e. The maximum absolute atomic E-state index is 14.2. The summed E-state index contributed by atoms with van der Waals surface area (Å²) in [7, 11) is 0. The standard InChI is InChI=1S/C23H24ClFN6O/c24-18-4-1-3-17(15-18)20-16-21(28-23(27-20)31-11-13-32-14-12-31)29-7-9-30(10-8-29)22-19(25)5-2-6-26-22/h1-6,15-16H,7-14H2. The molecule has 0 aliphatic carbocycles. The third-order valence-corrected chi connectivity index (χ3v) is 5.99. The molecule has 2 aromatic heterocycles. The molecule has 4 heterocycles. The molecule has 3 aromatic rings. The lowest BCUT2D eigenvalue weighted by Gasteiger charge is -2.36. The molecule has 5 rings (SSSR count). The number of morpholine rings is 1. The third kappa shape index (κ3) is 4.47. The first kappa shape index (κ1) is 20.9. The number of hydrogen-bond acceptors (Lipinski definition) is 7. The fourth-order valence-electron chi connectivity index (χ4n) is 4.04. The summed E-state index contributed by atoms with van der Waals surface area (Å²) < 4.78 is 19.7. The number of pyridine rings is 1. The summed E-state index contributed by atoms with van der Waals surface area (Å²) in [4.78, 5) is 20.3. The number of benzene rings is 1. The molecule has 0 amide bonds. The summed E-state index contributed by atoms with van der Waals surface area (Å²) in [5, 5.41) is 0.668. The second-order valence-corrected chi connectivity index (χ2v) is 8.24. The van der Waals surface area contributed by atoms with Gasteiger partial charge in [0.05, 0.1) is 18.9 Å². The Morgan fingerprint density at radius 1 is 0.844 bits per heavy atom. The lowest BCUT2D eigenvalue weighted by Crippen LogP contribution is -2.47. The molecule has 2 saturated heterocycles. The van der Waals surface area contributed by atoms with Crippen LogP contribution in [0.5, 0.6) is 0 Å². The molecule has 0 saturated carbocycles. The van der Waals surface area contributed by atoms with E-state index in [0.29, 0.717) is 56.2 Å². The van der Waals surface area contributed by atoms with E-state index < -0.39 is 0 Å². The number of piperazine rings is 1. The van der Waals surface area contributed by atoms with Crippen molar-refractivity contribution >= 4 is 29.2 Å². The molecule has 7 nitrogen and oxygen atoms in total. The van der Waals surface area contributed by atoms with Crippen LogP contribution >= 0.6 is 11.6 Å².